The number of alkyl carbamates (subject to hydrolysis) is 1. The number of carbonyl (C=O) groups is 2. The minimum absolute atomic E-state index is 0.0153. The van der Waals surface area contributed by atoms with E-state index >= 15 is 0 Å². The fourth-order valence-corrected chi connectivity index (χ4v) is 2.95. The molecule has 0 heterocycles. The summed E-state index contributed by atoms with van der Waals surface area (Å²) in [6.45, 7) is 2.05. The molecule has 0 radical (unpaired) electrons. The first-order chi connectivity index (χ1) is 11.2. The molecular formula is C19H19NO3. The van der Waals surface area contributed by atoms with Gasteiger partial charge < -0.3 is 10.1 Å². The van der Waals surface area contributed by atoms with Crippen molar-refractivity contribution in [2.75, 3.05) is 13.2 Å². The second-order valence-electron chi connectivity index (χ2n) is 5.57. The zero-order chi connectivity index (χ0) is 16.2. The van der Waals surface area contributed by atoms with Gasteiger partial charge in [-0.15, -0.1) is 0 Å². The van der Waals surface area contributed by atoms with Crippen LogP contribution in [0.5, 0.6) is 0 Å². The number of ketones is 1. The summed E-state index contributed by atoms with van der Waals surface area (Å²) in [5.41, 5.74) is 4.73. The predicted molar refractivity (Wildman–Crippen MR) is 88.4 cm³/mol. The Kier molecular flexibility index (Phi) is 4.42. The van der Waals surface area contributed by atoms with E-state index in [9.17, 15) is 9.59 Å². The zero-order valence-corrected chi connectivity index (χ0v) is 13.0. The molecule has 0 bridgehead atoms. The predicted octanol–water partition coefficient (Wildman–Crippen LogP) is 3.50. The Morgan fingerprint density at radius 1 is 1.00 bits per heavy atom. The van der Waals surface area contributed by atoms with Crippen LogP contribution in [0.3, 0.4) is 0 Å². The summed E-state index contributed by atoms with van der Waals surface area (Å²) in [7, 11) is 0. The second kappa shape index (κ2) is 6.65. The van der Waals surface area contributed by atoms with Gasteiger partial charge in [0.1, 0.15) is 6.61 Å². The standard InChI is InChI=1S/C19H19NO3/c1-2-13(21)11-20-19(22)23-12-18-16-9-5-3-7-14(16)15-8-4-6-10-17(15)18/h3-10,18H,2,11-12H2,1H3,(H,20,22). The van der Waals surface area contributed by atoms with E-state index < -0.39 is 6.09 Å². The van der Waals surface area contributed by atoms with E-state index in [-0.39, 0.29) is 24.9 Å². The third-order valence-corrected chi connectivity index (χ3v) is 4.17. The molecule has 0 atom stereocenters. The van der Waals surface area contributed by atoms with Crippen molar-refractivity contribution in [2.45, 2.75) is 19.3 Å². The summed E-state index contributed by atoms with van der Waals surface area (Å²) in [5.74, 6) is 0.0218. The number of benzene rings is 2. The average molecular weight is 309 g/mol. The molecule has 1 amide bonds. The minimum Gasteiger partial charge on any atom is -0.449 e. The number of amides is 1. The van der Waals surface area contributed by atoms with Crippen LogP contribution in [-0.4, -0.2) is 25.0 Å². The lowest BCUT2D eigenvalue weighted by atomic mass is 9.98. The van der Waals surface area contributed by atoms with Crippen molar-refractivity contribution < 1.29 is 14.3 Å². The Balaban J connectivity index is 1.71. The number of Topliss-reactive ketones (excluding diaryl/α,β-unsaturated/α-hetero) is 1. The number of ether oxygens (including phenoxy) is 1. The van der Waals surface area contributed by atoms with E-state index in [0.29, 0.717) is 6.42 Å². The lowest BCUT2D eigenvalue weighted by molar-refractivity contribution is -0.117. The normalized spacial score (nSPS) is 12.4. The van der Waals surface area contributed by atoms with Crippen molar-refractivity contribution >= 4 is 11.9 Å². The minimum atomic E-state index is -0.548. The number of hydrogen-bond acceptors (Lipinski definition) is 3. The van der Waals surface area contributed by atoms with Crippen molar-refractivity contribution in [3.8, 4) is 11.1 Å². The molecule has 1 N–H and O–H groups in total. The maximum absolute atomic E-state index is 11.8. The smallest absolute Gasteiger partial charge is 0.407 e. The van der Waals surface area contributed by atoms with Gasteiger partial charge in [0, 0.05) is 12.3 Å². The van der Waals surface area contributed by atoms with Crippen LogP contribution in [0.2, 0.25) is 0 Å². The van der Waals surface area contributed by atoms with Gasteiger partial charge in [0.15, 0.2) is 5.78 Å². The van der Waals surface area contributed by atoms with E-state index in [2.05, 4.69) is 29.6 Å². The molecule has 1 aliphatic rings. The van der Waals surface area contributed by atoms with Crippen LogP contribution in [-0.2, 0) is 9.53 Å². The molecule has 118 valence electrons. The van der Waals surface area contributed by atoms with Crippen LogP contribution in [0.4, 0.5) is 4.79 Å². The average Bonchev–Trinajstić information content (AvgIpc) is 2.92. The van der Waals surface area contributed by atoms with Gasteiger partial charge in [-0.25, -0.2) is 4.79 Å². The van der Waals surface area contributed by atoms with E-state index in [4.69, 9.17) is 4.74 Å². The first-order valence-corrected chi connectivity index (χ1v) is 7.81. The van der Waals surface area contributed by atoms with Gasteiger partial charge in [-0.1, -0.05) is 55.5 Å². The highest BCUT2D eigenvalue weighted by molar-refractivity contribution is 5.83. The van der Waals surface area contributed by atoms with Gasteiger partial charge in [-0.05, 0) is 22.3 Å². The first kappa shape index (κ1) is 15.3. The van der Waals surface area contributed by atoms with Gasteiger partial charge in [-0.2, -0.15) is 0 Å². The maximum atomic E-state index is 11.8. The Morgan fingerprint density at radius 3 is 2.13 bits per heavy atom. The number of nitrogens with one attached hydrogen (secondary N) is 1. The zero-order valence-electron chi connectivity index (χ0n) is 13.0. The van der Waals surface area contributed by atoms with Crippen molar-refractivity contribution in [3.05, 3.63) is 59.7 Å². The summed E-state index contributed by atoms with van der Waals surface area (Å²) in [5, 5.41) is 2.49. The van der Waals surface area contributed by atoms with Crippen LogP contribution >= 0.6 is 0 Å². The summed E-state index contributed by atoms with van der Waals surface area (Å²) in [4.78, 5) is 23.0. The van der Waals surface area contributed by atoms with Gasteiger partial charge in [-0.3, -0.25) is 4.79 Å². The third-order valence-electron chi connectivity index (χ3n) is 4.17. The number of hydrogen-bond donors (Lipinski definition) is 1. The van der Waals surface area contributed by atoms with Crippen LogP contribution < -0.4 is 5.32 Å². The molecule has 4 heteroatoms. The lowest BCUT2D eigenvalue weighted by Gasteiger charge is -2.14. The Hall–Kier alpha value is -2.62. The highest BCUT2D eigenvalue weighted by Crippen LogP contribution is 2.44. The largest absolute Gasteiger partial charge is 0.449 e. The summed E-state index contributed by atoms with van der Waals surface area (Å²) in [6.07, 6.45) is -0.141. The first-order valence-electron chi connectivity index (χ1n) is 7.81. The highest BCUT2D eigenvalue weighted by Gasteiger charge is 2.28. The molecule has 0 aliphatic heterocycles. The molecular weight excluding hydrogens is 290 g/mol. The fraction of sp³-hybridized carbons (Fsp3) is 0.263. The molecule has 3 rings (SSSR count). The van der Waals surface area contributed by atoms with Crippen molar-refractivity contribution in [1.82, 2.24) is 5.32 Å². The van der Waals surface area contributed by atoms with Crippen LogP contribution in [0.1, 0.15) is 30.4 Å². The molecule has 0 unspecified atom stereocenters. The van der Waals surface area contributed by atoms with E-state index in [1.165, 1.54) is 22.3 Å². The molecule has 0 spiro atoms. The molecule has 23 heavy (non-hydrogen) atoms. The lowest BCUT2D eigenvalue weighted by Crippen LogP contribution is -2.30. The molecule has 0 saturated carbocycles. The molecule has 2 aromatic carbocycles. The Labute approximate surface area is 135 Å². The monoisotopic (exact) mass is 309 g/mol. The van der Waals surface area contributed by atoms with Crippen LogP contribution in [0.15, 0.2) is 48.5 Å². The molecule has 0 fully saturated rings. The van der Waals surface area contributed by atoms with E-state index in [1.54, 1.807) is 6.92 Å². The van der Waals surface area contributed by atoms with E-state index in [0.717, 1.165) is 0 Å². The fourth-order valence-electron chi connectivity index (χ4n) is 2.95. The molecule has 1 aliphatic carbocycles. The highest BCUT2D eigenvalue weighted by atomic mass is 16.5. The second-order valence-corrected chi connectivity index (χ2v) is 5.57. The molecule has 4 nitrogen and oxygen atoms in total. The van der Waals surface area contributed by atoms with Gasteiger partial charge in [0.05, 0.1) is 6.54 Å². The quantitative estimate of drug-likeness (QED) is 0.919. The number of carbonyl (C=O) groups excluding carboxylic acids is 2. The van der Waals surface area contributed by atoms with Gasteiger partial charge >= 0.3 is 6.09 Å². The van der Waals surface area contributed by atoms with Gasteiger partial charge in [0.25, 0.3) is 0 Å². The van der Waals surface area contributed by atoms with Crippen LogP contribution in [0, 0.1) is 0 Å². The maximum Gasteiger partial charge on any atom is 0.407 e. The third kappa shape index (κ3) is 3.11. The molecule has 2 aromatic rings. The van der Waals surface area contributed by atoms with Crippen molar-refractivity contribution in [3.63, 3.8) is 0 Å². The Morgan fingerprint density at radius 2 is 1.57 bits per heavy atom. The van der Waals surface area contributed by atoms with Gasteiger partial charge in [0.2, 0.25) is 0 Å². The summed E-state index contributed by atoms with van der Waals surface area (Å²) >= 11 is 0. The Bertz CT molecular complexity index is 693. The topological polar surface area (TPSA) is 55.4 Å². The van der Waals surface area contributed by atoms with Crippen molar-refractivity contribution in [1.29, 1.82) is 0 Å². The van der Waals surface area contributed by atoms with E-state index in [1.807, 2.05) is 24.3 Å². The summed E-state index contributed by atoms with van der Waals surface area (Å²) < 4.78 is 5.33. The SMILES string of the molecule is CCC(=O)CNC(=O)OCC1c2ccccc2-c2ccccc21. The number of rotatable bonds is 5. The van der Waals surface area contributed by atoms with Crippen LogP contribution in [0.25, 0.3) is 11.1 Å². The van der Waals surface area contributed by atoms with Crippen molar-refractivity contribution in [2.24, 2.45) is 0 Å². The summed E-state index contributed by atoms with van der Waals surface area (Å²) in [6, 6.07) is 16.4. The molecule has 0 aromatic heterocycles. The number of fused-ring (bicyclic) bond motifs is 3. The molecule has 0 saturated heterocycles.